The predicted molar refractivity (Wildman–Crippen MR) is 149 cm³/mol. The molecule has 0 atom stereocenters. The molecule has 1 N–H and O–H groups in total. The Kier molecular flexibility index (Phi) is 8.73. The zero-order valence-electron chi connectivity index (χ0n) is 21.7. The Bertz CT molecular complexity index is 1520. The van der Waals surface area contributed by atoms with Gasteiger partial charge in [0.1, 0.15) is 6.61 Å². The molecule has 192 valence electrons. The largest absolute Gasteiger partial charge is 0.445 e. The van der Waals surface area contributed by atoms with Crippen LogP contribution in [0, 0.1) is 18.3 Å². The number of ether oxygens (including phenoxy) is 1. The van der Waals surface area contributed by atoms with Crippen molar-refractivity contribution in [2.24, 2.45) is 0 Å². The molecule has 0 aliphatic heterocycles. The van der Waals surface area contributed by atoms with Gasteiger partial charge in [-0.05, 0) is 49.1 Å². The summed E-state index contributed by atoms with van der Waals surface area (Å²) in [5.74, 6) is 0. The highest BCUT2D eigenvalue weighted by molar-refractivity contribution is 5.78. The van der Waals surface area contributed by atoms with Crippen LogP contribution in [0.2, 0.25) is 0 Å². The molecule has 0 spiro atoms. The monoisotopic (exact) mass is 505 g/mol. The highest BCUT2D eigenvalue weighted by atomic mass is 16.5. The average Bonchev–Trinajstić information content (AvgIpc) is 2.95. The fourth-order valence-corrected chi connectivity index (χ4v) is 4.50. The second-order valence-corrected chi connectivity index (χ2v) is 9.13. The van der Waals surface area contributed by atoms with Gasteiger partial charge in [0, 0.05) is 22.4 Å². The van der Waals surface area contributed by atoms with E-state index in [0.717, 1.165) is 47.2 Å². The molecule has 38 heavy (non-hydrogen) atoms. The van der Waals surface area contributed by atoms with Crippen LogP contribution >= 0.6 is 0 Å². The van der Waals surface area contributed by atoms with Crippen LogP contribution in [0.25, 0.3) is 16.8 Å². The maximum Gasteiger partial charge on any atom is 0.407 e. The fraction of sp³-hybridized carbons (Fsp3) is 0.219. The first-order chi connectivity index (χ1) is 18.5. The molecule has 1 heterocycles. The third-order valence-electron chi connectivity index (χ3n) is 6.50. The van der Waals surface area contributed by atoms with Crippen molar-refractivity contribution in [1.82, 2.24) is 9.88 Å². The number of hydrogen-bond acceptors (Lipinski definition) is 4. The standard InChI is InChI=1S/C32H31N3O3/c1-3-4-15-26-19-23(2)29(21-34-32(37)38-22-24-12-6-5-7-13-24)31(36)35(26)30-18-11-10-17-28(30)27-16-9-8-14-25(27)20-33/h5-14,16-19H,3-4,15,21-22H2,1-2H3,(H,34,37). The minimum atomic E-state index is -0.586. The van der Waals surface area contributed by atoms with Crippen LogP contribution in [0.4, 0.5) is 4.79 Å². The highest BCUT2D eigenvalue weighted by Gasteiger charge is 2.18. The van der Waals surface area contributed by atoms with Gasteiger partial charge in [-0.2, -0.15) is 5.26 Å². The molecule has 3 aromatic carbocycles. The number of benzene rings is 3. The molecule has 0 bridgehead atoms. The van der Waals surface area contributed by atoms with E-state index in [1.807, 2.05) is 85.8 Å². The summed E-state index contributed by atoms with van der Waals surface area (Å²) in [4.78, 5) is 26.4. The number of carbonyl (C=O) groups is 1. The molecule has 0 fully saturated rings. The molecular weight excluding hydrogens is 474 g/mol. The first-order valence-electron chi connectivity index (χ1n) is 12.8. The van der Waals surface area contributed by atoms with Gasteiger partial charge in [0.05, 0.1) is 23.9 Å². The predicted octanol–water partition coefficient (Wildman–Crippen LogP) is 6.45. The lowest BCUT2D eigenvalue weighted by Crippen LogP contribution is -2.32. The van der Waals surface area contributed by atoms with Crippen molar-refractivity contribution in [2.75, 3.05) is 0 Å². The molecule has 4 aromatic rings. The topological polar surface area (TPSA) is 84.1 Å². The number of para-hydroxylation sites is 1. The number of carbonyl (C=O) groups excluding carboxylic acids is 1. The van der Waals surface area contributed by atoms with Gasteiger partial charge < -0.3 is 10.1 Å². The molecular formula is C32H31N3O3. The van der Waals surface area contributed by atoms with Crippen molar-refractivity contribution >= 4 is 6.09 Å². The summed E-state index contributed by atoms with van der Waals surface area (Å²) in [7, 11) is 0. The van der Waals surface area contributed by atoms with Crippen molar-refractivity contribution < 1.29 is 9.53 Å². The van der Waals surface area contributed by atoms with Gasteiger partial charge in [-0.3, -0.25) is 9.36 Å². The summed E-state index contributed by atoms with van der Waals surface area (Å²) in [6, 6.07) is 28.7. The molecule has 1 aromatic heterocycles. The summed E-state index contributed by atoms with van der Waals surface area (Å²) in [6.45, 7) is 4.21. The maximum absolute atomic E-state index is 14.0. The van der Waals surface area contributed by atoms with E-state index in [0.29, 0.717) is 16.8 Å². The Hall–Kier alpha value is -4.63. The highest BCUT2D eigenvalue weighted by Crippen LogP contribution is 2.30. The number of nitriles is 1. The summed E-state index contributed by atoms with van der Waals surface area (Å²) in [5, 5.41) is 12.5. The van der Waals surface area contributed by atoms with Crippen LogP contribution in [-0.2, 0) is 24.3 Å². The lowest BCUT2D eigenvalue weighted by Gasteiger charge is -2.20. The molecule has 0 aliphatic rings. The van der Waals surface area contributed by atoms with Crippen LogP contribution in [0.1, 0.15) is 47.7 Å². The van der Waals surface area contributed by atoms with Gasteiger partial charge >= 0.3 is 6.09 Å². The van der Waals surface area contributed by atoms with E-state index >= 15 is 0 Å². The van der Waals surface area contributed by atoms with Gasteiger partial charge in [-0.1, -0.05) is 80.1 Å². The number of nitrogens with zero attached hydrogens (tertiary/aromatic N) is 2. The van der Waals surface area contributed by atoms with Crippen LogP contribution in [0.5, 0.6) is 0 Å². The van der Waals surface area contributed by atoms with E-state index in [1.54, 1.807) is 10.6 Å². The van der Waals surface area contributed by atoms with Crippen LogP contribution in [-0.4, -0.2) is 10.7 Å². The molecule has 1 amide bonds. The number of aryl methyl sites for hydroxylation is 2. The van der Waals surface area contributed by atoms with Crippen molar-refractivity contribution in [3.05, 3.63) is 123 Å². The average molecular weight is 506 g/mol. The second kappa shape index (κ2) is 12.6. The van der Waals surface area contributed by atoms with E-state index in [1.165, 1.54) is 0 Å². The third-order valence-corrected chi connectivity index (χ3v) is 6.50. The molecule has 0 saturated carbocycles. The molecule has 0 aliphatic carbocycles. The van der Waals surface area contributed by atoms with Crippen molar-refractivity contribution in [3.63, 3.8) is 0 Å². The summed E-state index contributed by atoms with van der Waals surface area (Å²) >= 11 is 0. The number of pyridine rings is 1. The van der Waals surface area contributed by atoms with Gasteiger partial charge in [0.15, 0.2) is 0 Å². The van der Waals surface area contributed by atoms with Gasteiger partial charge in [0.25, 0.3) is 5.56 Å². The second-order valence-electron chi connectivity index (χ2n) is 9.13. The number of hydrogen-bond donors (Lipinski definition) is 1. The van der Waals surface area contributed by atoms with Crippen molar-refractivity contribution in [3.8, 4) is 22.9 Å². The number of unbranched alkanes of at least 4 members (excludes halogenated alkanes) is 1. The number of nitrogens with one attached hydrogen (secondary N) is 1. The van der Waals surface area contributed by atoms with Crippen molar-refractivity contribution in [1.29, 1.82) is 5.26 Å². The normalized spacial score (nSPS) is 10.6. The van der Waals surface area contributed by atoms with E-state index in [-0.39, 0.29) is 18.7 Å². The molecule has 4 rings (SSSR count). The van der Waals surface area contributed by atoms with Gasteiger partial charge in [0.2, 0.25) is 0 Å². The maximum atomic E-state index is 14.0. The Balaban J connectivity index is 1.71. The molecule has 0 saturated heterocycles. The Morgan fingerprint density at radius 2 is 1.66 bits per heavy atom. The Labute approximate surface area is 223 Å². The van der Waals surface area contributed by atoms with Crippen LogP contribution in [0.3, 0.4) is 0 Å². The molecule has 6 heteroatoms. The molecule has 0 radical (unpaired) electrons. The number of alkyl carbamates (subject to hydrolysis) is 1. The van der Waals surface area contributed by atoms with E-state index in [9.17, 15) is 14.9 Å². The SMILES string of the molecule is CCCCc1cc(C)c(CNC(=O)OCc2ccccc2)c(=O)n1-c1ccccc1-c1ccccc1C#N. The smallest absolute Gasteiger partial charge is 0.407 e. The van der Waals surface area contributed by atoms with E-state index < -0.39 is 6.09 Å². The number of rotatable bonds is 9. The minimum absolute atomic E-state index is 0.0449. The lowest BCUT2D eigenvalue weighted by atomic mass is 9.97. The Morgan fingerprint density at radius 3 is 2.39 bits per heavy atom. The summed E-state index contributed by atoms with van der Waals surface area (Å²) in [6.07, 6.45) is 2.06. The van der Waals surface area contributed by atoms with Gasteiger partial charge in [-0.25, -0.2) is 4.79 Å². The lowest BCUT2D eigenvalue weighted by molar-refractivity contribution is 0.139. The van der Waals surface area contributed by atoms with Crippen LogP contribution in [0.15, 0.2) is 89.7 Å². The zero-order valence-corrected chi connectivity index (χ0v) is 21.7. The molecule has 6 nitrogen and oxygen atoms in total. The van der Waals surface area contributed by atoms with E-state index in [4.69, 9.17) is 4.74 Å². The molecule has 0 unspecified atom stereocenters. The minimum Gasteiger partial charge on any atom is -0.445 e. The van der Waals surface area contributed by atoms with Gasteiger partial charge in [-0.15, -0.1) is 0 Å². The van der Waals surface area contributed by atoms with Crippen LogP contribution < -0.4 is 10.9 Å². The zero-order chi connectivity index (χ0) is 26.9. The Morgan fingerprint density at radius 1 is 0.974 bits per heavy atom. The van der Waals surface area contributed by atoms with Crippen molar-refractivity contribution in [2.45, 2.75) is 46.3 Å². The summed E-state index contributed by atoms with van der Waals surface area (Å²) < 4.78 is 7.07. The number of aromatic nitrogens is 1. The quantitative estimate of drug-likeness (QED) is 0.283. The summed E-state index contributed by atoms with van der Waals surface area (Å²) in [5.41, 5.74) is 5.71. The number of amides is 1. The van der Waals surface area contributed by atoms with E-state index in [2.05, 4.69) is 18.3 Å². The fourth-order valence-electron chi connectivity index (χ4n) is 4.50. The first kappa shape index (κ1) is 26.4. The third kappa shape index (κ3) is 6.01. The first-order valence-corrected chi connectivity index (χ1v) is 12.8.